The molecule has 0 aromatic carbocycles. The first kappa shape index (κ1) is 12.4. The molecule has 0 fully saturated rings. The van der Waals surface area contributed by atoms with Gasteiger partial charge < -0.3 is 10.6 Å². The van der Waals surface area contributed by atoms with Crippen molar-refractivity contribution in [2.75, 3.05) is 11.4 Å². The molecule has 2 aromatic rings. The minimum atomic E-state index is 0.391. The van der Waals surface area contributed by atoms with Crippen molar-refractivity contribution in [3.05, 3.63) is 48.2 Å². The van der Waals surface area contributed by atoms with Gasteiger partial charge in [0, 0.05) is 31.7 Å². The molecule has 94 valence electrons. The quantitative estimate of drug-likeness (QED) is 0.858. The number of pyridine rings is 1. The lowest BCUT2D eigenvalue weighted by Gasteiger charge is -2.22. The first-order valence-electron chi connectivity index (χ1n) is 6.00. The van der Waals surface area contributed by atoms with E-state index in [1.54, 1.807) is 18.6 Å². The largest absolute Gasteiger partial charge is 0.349 e. The number of hydrogen-bond acceptors (Lipinski definition) is 5. The summed E-state index contributed by atoms with van der Waals surface area (Å²) in [5.41, 5.74) is 7.51. The summed E-state index contributed by atoms with van der Waals surface area (Å²) in [5.74, 6) is 0.841. The Balaban J connectivity index is 2.23. The van der Waals surface area contributed by atoms with Gasteiger partial charge in [-0.1, -0.05) is 6.07 Å². The minimum Gasteiger partial charge on any atom is -0.349 e. The van der Waals surface area contributed by atoms with E-state index in [4.69, 9.17) is 5.73 Å². The molecule has 0 saturated heterocycles. The van der Waals surface area contributed by atoms with Crippen LogP contribution < -0.4 is 10.6 Å². The topological polar surface area (TPSA) is 67.9 Å². The Hall–Kier alpha value is -2.01. The van der Waals surface area contributed by atoms with Gasteiger partial charge in [-0.05, 0) is 19.1 Å². The molecule has 5 heteroatoms. The number of hydrogen-bond donors (Lipinski definition) is 1. The normalized spacial score (nSPS) is 10.3. The predicted octanol–water partition coefficient (Wildman–Crippen LogP) is 1.36. The van der Waals surface area contributed by atoms with Gasteiger partial charge in [0.25, 0.3) is 0 Å². The summed E-state index contributed by atoms with van der Waals surface area (Å²) in [5, 5.41) is 0. The Kier molecular flexibility index (Phi) is 4.20. The van der Waals surface area contributed by atoms with E-state index in [0.717, 1.165) is 23.8 Å². The third kappa shape index (κ3) is 2.81. The highest BCUT2D eigenvalue weighted by molar-refractivity contribution is 5.43. The van der Waals surface area contributed by atoms with Crippen LogP contribution in [0.4, 0.5) is 5.82 Å². The maximum Gasteiger partial charge on any atom is 0.151 e. The van der Waals surface area contributed by atoms with Crippen LogP contribution in [0, 0.1) is 0 Å². The fraction of sp³-hybridized carbons (Fsp3) is 0.308. The van der Waals surface area contributed by atoms with E-state index in [-0.39, 0.29) is 0 Å². The van der Waals surface area contributed by atoms with Crippen molar-refractivity contribution in [2.24, 2.45) is 5.73 Å². The van der Waals surface area contributed by atoms with Crippen LogP contribution in [0.1, 0.15) is 18.3 Å². The fourth-order valence-electron chi connectivity index (χ4n) is 1.79. The van der Waals surface area contributed by atoms with Gasteiger partial charge >= 0.3 is 0 Å². The molecule has 0 unspecified atom stereocenters. The third-order valence-electron chi connectivity index (χ3n) is 2.71. The maximum absolute atomic E-state index is 5.69. The molecule has 0 amide bonds. The van der Waals surface area contributed by atoms with E-state index in [9.17, 15) is 0 Å². The Bertz CT molecular complexity index is 486. The Labute approximate surface area is 107 Å². The molecule has 2 aromatic heterocycles. The molecule has 0 bridgehead atoms. The Morgan fingerprint density at radius 1 is 1.11 bits per heavy atom. The van der Waals surface area contributed by atoms with Crippen LogP contribution in [0.15, 0.2) is 36.8 Å². The monoisotopic (exact) mass is 243 g/mol. The van der Waals surface area contributed by atoms with Crippen molar-refractivity contribution in [3.8, 4) is 0 Å². The zero-order valence-corrected chi connectivity index (χ0v) is 10.5. The van der Waals surface area contributed by atoms with Gasteiger partial charge in [0.2, 0.25) is 0 Å². The Morgan fingerprint density at radius 2 is 1.94 bits per heavy atom. The van der Waals surface area contributed by atoms with Crippen molar-refractivity contribution in [1.82, 2.24) is 15.0 Å². The highest BCUT2D eigenvalue weighted by Gasteiger charge is 2.12. The summed E-state index contributed by atoms with van der Waals surface area (Å²) in [6.45, 7) is 4.02. The van der Waals surface area contributed by atoms with Crippen LogP contribution in [0.5, 0.6) is 0 Å². The molecular weight excluding hydrogens is 226 g/mol. The summed E-state index contributed by atoms with van der Waals surface area (Å²) in [6.07, 6.45) is 5.15. The lowest BCUT2D eigenvalue weighted by molar-refractivity contribution is 0.774. The van der Waals surface area contributed by atoms with Crippen LogP contribution in [-0.2, 0) is 13.1 Å². The van der Waals surface area contributed by atoms with E-state index in [2.05, 4.69) is 26.8 Å². The van der Waals surface area contributed by atoms with Crippen molar-refractivity contribution in [3.63, 3.8) is 0 Å². The molecular formula is C13H17N5. The summed E-state index contributed by atoms with van der Waals surface area (Å²) in [6, 6.07) is 5.89. The third-order valence-corrected chi connectivity index (χ3v) is 2.71. The van der Waals surface area contributed by atoms with Crippen molar-refractivity contribution in [2.45, 2.75) is 20.0 Å². The average molecular weight is 243 g/mol. The second kappa shape index (κ2) is 6.07. The van der Waals surface area contributed by atoms with E-state index in [1.165, 1.54) is 0 Å². The number of anilines is 1. The van der Waals surface area contributed by atoms with Gasteiger partial charge in [-0.3, -0.25) is 9.97 Å². The SMILES string of the molecule is CCN(Cc1ccccn1)c1nccnc1CN. The van der Waals surface area contributed by atoms with Gasteiger partial charge in [-0.25, -0.2) is 4.98 Å². The number of rotatable bonds is 5. The molecule has 2 heterocycles. The standard InChI is InChI=1S/C13H17N5/c1-2-18(10-11-5-3-4-6-15-11)13-12(9-14)16-7-8-17-13/h3-8H,2,9-10,14H2,1H3. The summed E-state index contributed by atoms with van der Waals surface area (Å²) in [7, 11) is 0. The highest BCUT2D eigenvalue weighted by atomic mass is 15.2. The van der Waals surface area contributed by atoms with Gasteiger partial charge in [-0.2, -0.15) is 0 Å². The molecule has 0 atom stereocenters. The number of nitrogens with two attached hydrogens (primary N) is 1. The first-order chi connectivity index (χ1) is 8.85. The molecule has 2 rings (SSSR count). The predicted molar refractivity (Wildman–Crippen MR) is 70.9 cm³/mol. The van der Waals surface area contributed by atoms with Gasteiger partial charge in [-0.15, -0.1) is 0 Å². The zero-order valence-electron chi connectivity index (χ0n) is 10.5. The molecule has 5 nitrogen and oxygen atoms in total. The lowest BCUT2D eigenvalue weighted by Crippen LogP contribution is -2.26. The van der Waals surface area contributed by atoms with E-state index >= 15 is 0 Å². The summed E-state index contributed by atoms with van der Waals surface area (Å²) < 4.78 is 0. The molecule has 0 aliphatic heterocycles. The lowest BCUT2D eigenvalue weighted by atomic mass is 10.3. The maximum atomic E-state index is 5.69. The smallest absolute Gasteiger partial charge is 0.151 e. The summed E-state index contributed by atoms with van der Waals surface area (Å²) in [4.78, 5) is 15.1. The van der Waals surface area contributed by atoms with Crippen molar-refractivity contribution >= 4 is 5.82 Å². The fourth-order valence-corrected chi connectivity index (χ4v) is 1.79. The van der Waals surface area contributed by atoms with Crippen LogP contribution in [-0.4, -0.2) is 21.5 Å². The second-order valence-electron chi connectivity index (χ2n) is 3.87. The summed E-state index contributed by atoms with van der Waals surface area (Å²) >= 11 is 0. The van der Waals surface area contributed by atoms with E-state index in [1.807, 2.05) is 18.2 Å². The minimum absolute atomic E-state index is 0.391. The number of aromatic nitrogens is 3. The Morgan fingerprint density at radius 3 is 2.61 bits per heavy atom. The molecule has 18 heavy (non-hydrogen) atoms. The van der Waals surface area contributed by atoms with Gasteiger partial charge in [0.05, 0.1) is 17.9 Å². The van der Waals surface area contributed by atoms with Crippen LogP contribution >= 0.6 is 0 Å². The van der Waals surface area contributed by atoms with Crippen LogP contribution in [0.25, 0.3) is 0 Å². The van der Waals surface area contributed by atoms with Crippen molar-refractivity contribution in [1.29, 1.82) is 0 Å². The molecule has 0 aliphatic carbocycles. The average Bonchev–Trinajstić information content (AvgIpc) is 2.46. The van der Waals surface area contributed by atoms with E-state index < -0.39 is 0 Å². The first-order valence-corrected chi connectivity index (χ1v) is 6.00. The number of nitrogens with zero attached hydrogens (tertiary/aromatic N) is 4. The molecule has 0 radical (unpaired) electrons. The van der Waals surface area contributed by atoms with Crippen LogP contribution in [0.3, 0.4) is 0 Å². The van der Waals surface area contributed by atoms with Gasteiger partial charge in [0.1, 0.15) is 0 Å². The second-order valence-corrected chi connectivity index (χ2v) is 3.87. The van der Waals surface area contributed by atoms with E-state index in [0.29, 0.717) is 13.1 Å². The van der Waals surface area contributed by atoms with Gasteiger partial charge in [0.15, 0.2) is 5.82 Å². The zero-order chi connectivity index (χ0) is 12.8. The van der Waals surface area contributed by atoms with Crippen LogP contribution in [0.2, 0.25) is 0 Å². The molecule has 0 saturated carbocycles. The van der Waals surface area contributed by atoms with Crippen molar-refractivity contribution < 1.29 is 0 Å². The molecule has 0 spiro atoms. The molecule has 2 N–H and O–H groups in total. The molecule has 0 aliphatic rings. The highest BCUT2D eigenvalue weighted by Crippen LogP contribution is 2.16.